The van der Waals surface area contributed by atoms with Gasteiger partial charge in [-0.2, -0.15) is 0 Å². The lowest BCUT2D eigenvalue weighted by Gasteiger charge is -2.04. The van der Waals surface area contributed by atoms with Crippen molar-refractivity contribution >= 4 is 17.2 Å². The minimum atomic E-state index is 0.0382. The zero-order chi connectivity index (χ0) is 9.14. The maximum atomic E-state index is 7.14. The highest BCUT2D eigenvalue weighted by Gasteiger charge is 2.04. The lowest BCUT2D eigenvalue weighted by atomic mass is 10.4. The molecule has 12 heavy (non-hydrogen) atoms. The van der Waals surface area contributed by atoms with E-state index in [9.17, 15) is 0 Å². The molecule has 0 aromatic carbocycles. The van der Waals surface area contributed by atoms with Crippen LogP contribution in [-0.4, -0.2) is 29.8 Å². The third-order valence-electron chi connectivity index (χ3n) is 1.28. The Morgan fingerprint density at radius 3 is 2.83 bits per heavy atom. The van der Waals surface area contributed by atoms with Gasteiger partial charge in [-0.15, -0.1) is 11.3 Å². The molecule has 1 rings (SSSR count). The molecule has 0 aliphatic rings. The molecule has 0 unspecified atom stereocenters. The van der Waals surface area contributed by atoms with E-state index in [-0.39, 0.29) is 5.84 Å². The lowest BCUT2D eigenvalue weighted by Crippen LogP contribution is -2.13. The number of nitrogens with zero attached hydrogens (tertiary/aromatic N) is 2. The Morgan fingerprint density at radius 1 is 1.75 bits per heavy atom. The van der Waals surface area contributed by atoms with Crippen LogP contribution in [0.25, 0.3) is 0 Å². The van der Waals surface area contributed by atoms with Crippen LogP contribution >= 0.6 is 11.3 Å². The molecule has 1 heterocycles. The molecule has 0 aliphatic carbocycles. The second-order valence-electron chi connectivity index (χ2n) is 2.78. The van der Waals surface area contributed by atoms with Gasteiger partial charge in [0.2, 0.25) is 0 Å². The van der Waals surface area contributed by atoms with Crippen molar-refractivity contribution < 1.29 is 0 Å². The Kier molecular flexibility index (Phi) is 2.78. The monoisotopic (exact) mass is 184 g/mol. The number of hydrogen-bond donors (Lipinski definition) is 2. The minimum absolute atomic E-state index is 0.0382. The Bertz CT molecular complexity index is 279. The summed E-state index contributed by atoms with van der Waals surface area (Å²) in [6.45, 7) is 0.804. The Morgan fingerprint density at radius 2 is 2.42 bits per heavy atom. The van der Waals surface area contributed by atoms with Gasteiger partial charge in [0, 0.05) is 11.9 Å². The molecule has 66 valence electrons. The topological polar surface area (TPSA) is 66.0 Å². The van der Waals surface area contributed by atoms with Crippen LogP contribution in [0.4, 0.5) is 0 Å². The van der Waals surface area contributed by atoms with Crippen molar-refractivity contribution in [2.45, 2.75) is 6.54 Å². The molecule has 0 bridgehead atoms. The average Bonchev–Trinajstić information content (AvgIpc) is 2.34. The number of nitrogen functional groups attached to an aromatic ring is 1. The van der Waals surface area contributed by atoms with Gasteiger partial charge in [-0.25, -0.2) is 4.98 Å². The van der Waals surface area contributed by atoms with Crippen LogP contribution in [0.5, 0.6) is 0 Å². The number of rotatable bonds is 3. The van der Waals surface area contributed by atoms with Crippen molar-refractivity contribution in [3.63, 3.8) is 0 Å². The molecule has 0 atom stereocenters. The van der Waals surface area contributed by atoms with Gasteiger partial charge in [0.25, 0.3) is 0 Å². The van der Waals surface area contributed by atoms with Crippen LogP contribution < -0.4 is 5.73 Å². The van der Waals surface area contributed by atoms with Crippen LogP contribution in [0, 0.1) is 5.41 Å². The van der Waals surface area contributed by atoms with E-state index in [4.69, 9.17) is 11.1 Å². The highest BCUT2D eigenvalue weighted by Crippen LogP contribution is 2.10. The van der Waals surface area contributed by atoms with Crippen molar-refractivity contribution in [1.29, 1.82) is 5.41 Å². The predicted octanol–water partition coefficient (Wildman–Crippen LogP) is 0.489. The number of nitrogens with two attached hydrogens (primary N) is 1. The summed E-state index contributed by atoms with van der Waals surface area (Å²) in [5.41, 5.74) is 5.85. The molecule has 0 saturated heterocycles. The first-order chi connectivity index (χ1) is 5.59. The lowest BCUT2D eigenvalue weighted by molar-refractivity contribution is 0.401. The molecule has 0 aliphatic heterocycles. The molecular weight excluding hydrogens is 172 g/mol. The molecular formula is C7H12N4S. The fraction of sp³-hybridized carbons (Fsp3) is 0.429. The first-order valence-corrected chi connectivity index (χ1v) is 4.41. The van der Waals surface area contributed by atoms with Gasteiger partial charge in [-0.3, -0.25) is 5.41 Å². The summed E-state index contributed by atoms with van der Waals surface area (Å²) in [6, 6.07) is 0. The van der Waals surface area contributed by atoms with Crippen LogP contribution in [0.3, 0.4) is 0 Å². The Balaban J connectivity index is 2.71. The largest absolute Gasteiger partial charge is 0.382 e. The Hall–Kier alpha value is -0.940. The van der Waals surface area contributed by atoms with Crippen molar-refractivity contribution in [1.82, 2.24) is 9.88 Å². The number of thiazole rings is 1. The maximum Gasteiger partial charge on any atom is 0.142 e. The minimum Gasteiger partial charge on any atom is -0.382 e. The number of hydrogen-bond acceptors (Lipinski definition) is 4. The zero-order valence-electron chi connectivity index (χ0n) is 7.16. The van der Waals surface area contributed by atoms with Crippen molar-refractivity contribution in [3.05, 3.63) is 16.1 Å². The summed E-state index contributed by atoms with van der Waals surface area (Å²) in [5.74, 6) is 0.0382. The molecule has 5 heteroatoms. The highest BCUT2D eigenvalue weighted by molar-refractivity contribution is 7.09. The first-order valence-electron chi connectivity index (χ1n) is 3.53. The fourth-order valence-electron chi connectivity index (χ4n) is 0.778. The molecule has 0 spiro atoms. The normalized spacial score (nSPS) is 10.6. The summed E-state index contributed by atoms with van der Waals surface area (Å²) in [5, 5.41) is 9.94. The van der Waals surface area contributed by atoms with Gasteiger partial charge in [-0.1, -0.05) is 0 Å². The van der Waals surface area contributed by atoms with E-state index in [0.29, 0.717) is 5.69 Å². The van der Waals surface area contributed by atoms with E-state index >= 15 is 0 Å². The summed E-state index contributed by atoms with van der Waals surface area (Å²) >= 11 is 1.53. The maximum absolute atomic E-state index is 7.14. The standard InChI is InChI=1S/C7H12N4S/c1-11(2)3-6-10-5(4-12-6)7(8)9/h4H,3H2,1-2H3,(H3,8,9). The fourth-order valence-corrected chi connectivity index (χ4v) is 1.69. The quantitative estimate of drug-likeness (QED) is 0.530. The summed E-state index contributed by atoms with van der Waals surface area (Å²) in [7, 11) is 3.96. The van der Waals surface area contributed by atoms with Crippen LogP contribution in [0.1, 0.15) is 10.7 Å². The van der Waals surface area contributed by atoms with Gasteiger partial charge < -0.3 is 10.6 Å². The van der Waals surface area contributed by atoms with Crippen LogP contribution in [-0.2, 0) is 6.54 Å². The molecule has 0 amide bonds. The van der Waals surface area contributed by atoms with E-state index in [1.165, 1.54) is 11.3 Å². The van der Waals surface area contributed by atoms with Gasteiger partial charge in [0.1, 0.15) is 16.5 Å². The first kappa shape index (κ1) is 9.15. The predicted molar refractivity (Wildman–Crippen MR) is 50.5 cm³/mol. The van der Waals surface area contributed by atoms with Gasteiger partial charge in [-0.05, 0) is 14.1 Å². The zero-order valence-corrected chi connectivity index (χ0v) is 7.98. The molecule has 4 nitrogen and oxygen atoms in total. The molecule has 1 aromatic heterocycles. The van der Waals surface area contributed by atoms with Crippen molar-refractivity contribution in [2.75, 3.05) is 14.1 Å². The van der Waals surface area contributed by atoms with Crippen molar-refractivity contribution in [2.24, 2.45) is 5.73 Å². The van der Waals surface area contributed by atoms with Gasteiger partial charge in [0.05, 0.1) is 0 Å². The number of amidine groups is 1. The number of nitrogens with one attached hydrogen (secondary N) is 1. The molecule has 0 saturated carbocycles. The average molecular weight is 184 g/mol. The van der Waals surface area contributed by atoms with E-state index in [1.807, 2.05) is 19.0 Å². The summed E-state index contributed by atoms with van der Waals surface area (Å²) in [6.07, 6.45) is 0. The van der Waals surface area contributed by atoms with Crippen LogP contribution in [0.15, 0.2) is 5.38 Å². The van der Waals surface area contributed by atoms with E-state index in [1.54, 1.807) is 5.38 Å². The molecule has 1 aromatic rings. The molecule has 0 radical (unpaired) electrons. The van der Waals surface area contributed by atoms with E-state index in [0.717, 1.165) is 11.6 Å². The summed E-state index contributed by atoms with van der Waals surface area (Å²) < 4.78 is 0. The SMILES string of the molecule is CN(C)Cc1nc(C(=N)N)cs1. The van der Waals surface area contributed by atoms with Crippen LogP contribution in [0.2, 0.25) is 0 Å². The summed E-state index contributed by atoms with van der Waals surface area (Å²) in [4.78, 5) is 6.21. The smallest absolute Gasteiger partial charge is 0.142 e. The van der Waals surface area contributed by atoms with Crippen molar-refractivity contribution in [3.8, 4) is 0 Å². The Labute approximate surface area is 75.5 Å². The van der Waals surface area contributed by atoms with E-state index < -0.39 is 0 Å². The number of aromatic nitrogens is 1. The second kappa shape index (κ2) is 3.64. The van der Waals surface area contributed by atoms with E-state index in [2.05, 4.69) is 4.98 Å². The third-order valence-corrected chi connectivity index (χ3v) is 2.11. The molecule has 0 fully saturated rings. The molecule has 3 N–H and O–H groups in total. The van der Waals surface area contributed by atoms with Gasteiger partial charge in [0.15, 0.2) is 0 Å². The highest BCUT2D eigenvalue weighted by atomic mass is 32.1. The second-order valence-corrected chi connectivity index (χ2v) is 3.72. The third kappa shape index (κ3) is 2.28. The van der Waals surface area contributed by atoms with Gasteiger partial charge >= 0.3 is 0 Å².